The van der Waals surface area contributed by atoms with E-state index in [1.54, 1.807) is 0 Å². The van der Waals surface area contributed by atoms with Gasteiger partial charge in [0.05, 0.1) is 12.2 Å². The highest BCUT2D eigenvalue weighted by molar-refractivity contribution is 9.09. The summed E-state index contributed by atoms with van der Waals surface area (Å²) in [4.78, 5) is 0. The van der Waals surface area contributed by atoms with Gasteiger partial charge in [0, 0.05) is 5.33 Å². The molecule has 2 nitrogen and oxygen atoms in total. The van der Waals surface area contributed by atoms with Crippen molar-refractivity contribution in [3.63, 3.8) is 0 Å². The zero-order valence-electron chi connectivity index (χ0n) is 7.26. The quantitative estimate of drug-likeness (QED) is 0.669. The number of hydrogen-bond donors (Lipinski definition) is 0. The van der Waals surface area contributed by atoms with E-state index < -0.39 is 0 Å². The summed E-state index contributed by atoms with van der Waals surface area (Å²) >= 11 is 3.39. The van der Waals surface area contributed by atoms with Gasteiger partial charge in [-0.2, -0.15) is 0 Å². The summed E-state index contributed by atoms with van der Waals surface area (Å²) in [6.45, 7) is 5.97. The highest BCUT2D eigenvalue weighted by atomic mass is 79.9. The molecule has 0 radical (unpaired) electrons. The predicted octanol–water partition coefficient (Wildman–Crippen LogP) is 2.31. The minimum Gasteiger partial charge on any atom is -0.345 e. The lowest BCUT2D eigenvalue weighted by Crippen LogP contribution is -2.21. The summed E-state index contributed by atoms with van der Waals surface area (Å²) in [5.41, 5.74) is 0. The van der Waals surface area contributed by atoms with Crippen LogP contribution in [0.3, 0.4) is 0 Å². The Balaban J connectivity index is 2.45. The molecule has 3 heteroatoms. The van der Waals surface area contributed by atoms with E-state index >= 15 is 0 Å². The van der Waals surface area contributed by atoms with Gasteiger partial charge in [0.25, 0.3) is 0 Å². The molecule has 1 fully saturated rings. The summed E-state index contributed by atoms with van der Waals surface area (Å²) in [6.07, 6.45) is 1.50. The zero-order chi connectivity index (χ0) is 8.48. The van der Waals surface area contributed by atoms with Gasteiger partial charge in [0.15, 0.2) is 5.79 Å². The van der Waals surface area contributed by atoms with Gasteiger partial charge in [-0.3, -0.25) is 0 Å². The Hall–Kier alpha value is 0.400. The molecule has 0 aromatic heterocycles. The van der Waals surface area contributed by atoms with Gasteiger partial charge in [0.1, 0.15) is 0 Å². The minimum atomic E-state index is -0.383. The van der Waals surface area contributed by atoms with Crippen molar-refractivity contribution in [3.8, 4) is 0 Å². The molecule has 0 N–H and O–H groups in total. The fourth-order valence-electron chi connectivity index (χ4n) is 1.41. The second kappa shape index (κ2) is 3.42. The van der Waals surface area contributed by atoms with E-state index in [0.29, 0.717) is 0 Å². The molecule has 0 spiro atoms. The summed E-state index contributed by atoms with van der Waals surface area (Å²) in [7, 11) is 0. The van der Waals surface area contributed by atoms with Crippen molar-refractivity contribution in [2.45, 2.75) is 45.2 Å². The molecule has 1 saturated heterocycles. The lowest BCUT2D eigenvalue weighted by molar-refractivity contribution is -0.144. The van der Waals surface area contributed by atoms with Gasteiger partial charge in [-0.05, 0) is 27.2 Å². The highest BCUT2D eigenvalue weighted by Gasteiger charge is 2.37. The number of ether oxygens (including phenoxy) is 2. The number of rotatable bonds is 2. The van der Waals surface area contributed by atoms with Crippen molar-refractivity contribution >= 4 is 15.9 Å². The van der Waals surface area contributed by atoms with Crippen LogP contribution in [0.4, 0.5) is 0 Å². The average Bonchev–Trinajstić information content (AvgIpc) is 2.07. The van der Waals surface area contributed by atoms with Gasteiger partial charge < -0.3 is 9.47 Å². The molecule has 0 aromatic carbocycles. The molecule has 66 valence electrons. The zero-order valence-corrected chi connectivity index (χ0v) is 8.85. The fraction of sp³-hybridized carbons (Fsp3) is 1.00. The fourth-order valence-corrected chi connectivity index (χ4v) is 1.86. The molecule has 1 aliphatic rings. The molecule has 0 saturated carbocycles. The first-order chi connectivity index (χ1) is 5.05. The van der Waals surface area contributed by atoms with E-state index in [2.05, 4.69) is 22.9 Å². The standard InChI is InChI=1S/C8H15BrO2/c1-6-7(4-5-9)11-8(2,3)10-6/h6-7H,4-5H2,1-3H3/t6-,7-/m1/s1. The van der Waals surface area contributed by atoms with Crippen molar-refractivity contribution < 1.29 is 9.47 Å². The topological polar surface area (TPSA) is 18.5 Å². The van der Waals surface area contributed by atoms with Gasteiger partial charge in [-0.1, -0.05) is 15.9 Å². The van der Waals surface area contributed by atoms with E-state index in [4.69, 9.17) is 9.47 Å². The summed E-state index contributed by atoms with van der Waals surface area (Å²) in [6, 6.07) is 0. The van der Waals surface area contributed by atoms with Crippen LogP contribution in [0, 0.1) is 0 Å². The Labute approximate surface area is 76.4 Å². The first-order valence-electron chi connectivity index (χ1n) is 3.97. The van der Waals surface area contributed by atoms with Gasteiger partial charge in [-0.25, -0.2) is 0 Å². The minimum absolute atomic E-state index is 0.225. The SMILES string of the molecule is C[C@H]1OC(C)(C)O[C@@H]1CCBr. The summed E-state index contributed by atoms with van der Waals surface area (Å²) < 4.78 is 11.2. The first kappa shape index (κ1) is 9.49. The lowest BCUT2D eigenvalue weighted by Gasteiger charge is -2.16. The second-order valence-electron chi connectivity index (χ2n) is 3.36. The third-order valence-electron chi connectivity index (χ3n) is 1.82. The molecule has 11 heavy (non-hydrogen) atoms. The molecular formula is C8H15BrO2. The number of halogens is 1. The van der Waals surface area contributed by atoms with Crippen LogP contribution in [0.5, 0.6) is 0 Å². The number of alkyl halides is 1. The molecule has 0 unspecified atom stereocenters. The Kier molecular flexibility index (Phi) is 2.95. The monoisotopic (exact) mass is 222 g/mol. The van der Waals surface area contributed by atoms with Gasteiger partial charge in [-0.15, -0.1) is 0 Å². The van der Waals surface area contributed by atoms with Crippen LogP contribution in [-0.2, 0) is 9.47 Å². The first-order valence-corrected chi connectivity index (χ1v) is 5.09. The molecule has 0 aliphatic carbocycles. The molecular weight excluding hydrogens is 208 g/mol. The molecule has 0 amide bonds. The van der Waals surface area contributed by atoms with Crippen molar-refractivity contribution in [1.82, 2.24) is 0 Å². The molecule has 1 rings (SSSR count). The Morgan fingerprint density at radius 3 is 2.36 bits per heavy atom. The Morgan fingerprint density at radius 2 is 2.00 bits per heavy atom. The average molecular weight is 223 g/mol. The van der Waals surface area contributed by atoms with Crippen LogP contribution in [0.1, 0.15) is 27.2 Å². The normalized spacial score (nSPS) is 36.0. The van der Waals surface area contributed by atoms with E-state index in [1.165, 1.54) is 0 Å². The maximum absolute atomic E-state index is 5.65. The molecule has 0 bridgehead atoms. The number of hydrogen-bond acceptors (Lipinski definition) is 2. The third-order valence-corrected chi connectivity index (χ3v) is 2.28. The second-order valence-corrected chi connectivity index (χ2v) is 4.15. The summed E-state index contributed by atoms with van der Waals surface area (Å²) in [5.74, 6) is -0.383. The maximum atomic E-state index is 5.65. The van der Waals surface area contributed by atoms with E-state index in [-0.39, 0.29) is 18.0 Å². The van der Waals surface area contributed by atoms with Crippen LogP contribution in [0.2, 0.25) is 0 Å². The molecule has 1 aliphatic heterocycles. The molecule has 2 atom stereocenters. The summed E-state index contributed by atoms with van der Waals surface area (Å²) in [5, 5.41) is 0.974. The van der Waals surface area contributed by atoms with Crippen molar-refractivity contribution in [3.05, 3.63) is 0 Å². The largest absolute Gasteiger partial charge is 0.345 e. The third kappa shape index (κ3) is 2.42. The van der Waals surface area contributed by atoms with Crippen molar-refractivity contribution in [1.29, 1.82) is 0 Å². The van der Waals surface area contributed by atoms with Crippen molar-refractivity contribution in [2.75, 3.05) is 5.33 Å². The van der Waals surface area contributed by atoms with Crippen molar-refractivity contribution in [2.24, 2.45) is 0 Å². The van der Waals surface area contributed by atoms with Crippen LogP contribution < -0.4 is 0 Å². The smallest absolute Gasteiger partial charge is 0.163 e. The Bertz CT molecular complexity index is 136. The predicted molar refractivity (Wildman–Crippen MR) is 47.9 cm³/mol. The van der Waals surface area contributed by atoms with Crippen LogP contribution in [0.15, 0.2) is 0 Å². The van der Waals surface area contributed by atoms with Crippen LogP contribution in [-0.4, -0.2) is 23.3 Å². The maximum Gasteiger partial charge on any atom is 0.163 e. The highest BCUT2D eigenvalue weighted by Crippen LogP contribution is 2.29. The van der Waals surface area contributed by atoms with Crippen LogP contribution in [0.25, 0.3) is 0 Å². The van der Waals surface area contributed by atoms with Gasteiger partial charge in [0.2, 0.25) is 0 Å². The van der Waals surface area contributed by atoms with Crippen LogP contribution >= 0.6 is 15.9 Å². The van der Waals surface area contributed by atoms with Gasteiger partial charge >= 0.3 is 0 Å². The Morgan fingerprint density at radius 1 is 1.36 bits per heavy atom. The van der Waals surface area contributed by atoms with E-state index in [9.17, 15) is 0 Å². The lowest BCUT2D eigenvalue weighted by atomic mass is 10.2. The molecule has 0 aromatic rings. The molecule has 1 heterocycles. The van der Waals surface area contributed by atoms with E-state index in [0.717, 1.165) is 11.8 Å². The van der Waals surface area contributed by atoms with E-state index in [1.807, 2.05) is 13.8 Å².